The highest BCUT2D eigenvalue weighted by atomic mass is 32.2. The maximum Gasteiger partial charge on any atom is 0.236 e. The number of benzene rings is 1. The number of aromatic nitrogens is 2. The molecule has 0 unspecified atom stereocenters. The average Bonchev–Trinajstić information content (AvgIpc) is 2.80. The van der Waals surface area contributed by atoms with E-state index in [1.165, 1.54) is 22.9 Å². The lowest BCUT2D eigenvalue weighted by atomic mass is 10.3. The number of halogens is 2. The number of carbonyl (C=O) groups excluding carboxylic acids is 1. The van der Waals surface area contributed by atoms with E-state index in [4.69, 9.17) is 0 Å². The van der Waals surface area contributed by atoms with Gasteiger partial charge in [-0.25, -0.2) is 8.78 Å². The molecule has 94 valence electrons. The first-order chi connectivity index (χ1) is 8.65. The van der Waals surface area contributed by atoms with Gasteiger partial charge in [0.15, 0.2) is 0 Å². The Bertz CT molecular complexity index is 548. The van der Waals surface area contributed by atoms with Crippen LogP contribution in [0.5, 0.6) is 0 Å². The molecule has 0 aliphatic rings. The van der Waals surface area contributed by atoms with Gasteiger partial charge in [0.25, 0.3) is 0 Å². The van der Waals surface area contributed by atoms with Gasteiger partial charge >= 0.3 is 0 Å². The van der Waals surface area contributed by atoms with Crippen LogP contribution in [0.2, 0.25) is 0 Å². The zero-order valence-corrected chi connectivity index (χ0v) is 10.5. The van der Waals surface area contributed by atoms with Crippen molar-refractivity contribution in [3.63, 3.8) is 0 Å². The maximum atomic E-state index is 13.3. The van der Waals surface area contributed by atoms with Crippen molar-refractivity contribution in [3.05, 3.63) is 35.3 Å². The monoisotopic (exact) mass is 287 g/mol. The van der Waals surface area contributed by atoms with E-state index in [1.54, 1.807) is 0 Å². The molecule has 0 aliphatic carbocycles. The van der Waals surface area contributed by atoms with E-state index in [0.29, 0.717) is 5.13 Å². The number of rotatable bonds is 4. The fraction of sp³-hybridized carbons (Fsp3) is 0.100. The van der Waals surface area contributed by atoms with Crippen LogP contribution in [0.4, 0.5) is 13.9 Å². The highest BCUT2D eigenvalue weighted by Crippen LogP contribution is 2.22. The Morgan fingerprint density at radius 2 is 2.28 bits per heavy atom. The summed E-state index contributed by atoms with van der Waals surface area (Å²) < 4.78 is 25.9. The second-order valence-electron chi connectivity index (χ2n) is 3.16. The summed E-state index contributed by atoms with van der Waals surface area (Å²) in [6.07, 6.45) is 0. The zero-order valence-electron chi connectivity index (χ0n) is 8.89. The molecule has 1 amide bonds. The van der Waals surface area contributed by atoms with Crippen molar-refractivity contribution >= 4 is 34.1 Å². The molecule has 0 saturated carbocycles. The minimum atomic E-state index is -0.677. The number of thioether (sulfide) groups is 1. The molecule has 4 nitrogen and oxygen atoms in total. The lowest BCUT2D eigenvalue weighted by molar-refractivity contribution is -0.113. The Morgan fingerprint density at radius 3 is 2.94 bits per heavy atom. The standard InChI is InChI=1S/C10H7F2N3OS2/c11-6-1-2-8(7(12)3-6)17-4-9(16)14-10-15-13-5-18-10/h1-3,5H,4H2,(H,14,15,16). The molecule has 1 aromatic heterocycles. The molecule has 0 bridgehead atoms. The highest BCUT2D eigenvalue weighted by Gasteiger charge is 2.09. The number of anilines is 1. The summed E-state index contributed by atoms with van der Waals surface area (Å²) in [6, 6.07) is 3.23. The van der Waals surface area contributed by atoms with Crippen molar-refractivity contribution in [2.75, 3.05) is 11.1 Å². The molecule has 0 radical (unpaired) electrons. The number of carbonyl (C=O) groups is 1. The first-order valence-corrected chi connectivity index (χ1v) is 6.65. The Morgan fingerprint density at radius 1 is 1.44 bits per heavy atom. The predicted molar refractivity (Wildman–Crippen MR) is 65.6 cm³/mol. The smallest absolute Gasteiger partial charge is 0.236 e. The molecule has 0 atom stereocenters. The summed E-state index contributed by atoms with van der Waals surface area (Å²) in [4.78, 5) is 11.7. The van der Waals surface area contributed by atoms with Crippen LogP contribution in [-0.4, -0.2) is 21.9 Å². The van der Waals surface area contributed by atoms with Crippen LogP contribution >= 0.6 is 23.1 Å². The van der Waals surface area contributed by atoms with Gasteiger partial charge in [-0.2, -0.15) is 0 Å². The second kappa shape index (κ2) is 5.87. The summed E-state index contributed by atoms with van der Waals surface area (Å²) in [5.74, 6) is -1.62. The summed E-state index contributed by atoms with van der Waals surface area (Å²) in [5, 5.41) is 10.1. The summed E-state index contributed by atoms with van der Waals surface area (Å²) in [6.45, 7) is 0. The van der Waals surface area contributed by atoms with E-state index >= 15 is 0 Å². The molecule has 1 N–H and O–H groups in total. The van der Waals surface area contributed by atoms with Crippen LogP contribution in [0.1, 0.15) is 0 Å². The van der Waals surface area contributed by atoms with Gasteiger partial charge in [0.1, 0.15) is 17.1 Å². The summed E-state index contributed by atoms with van der Waals surface area (Å²) in [7, 11) is 0. The van der Waals surface area contributed by atoms with Crippen LogP contribution in [0, 0.1) is 11.6 Å². The number of nitrogens with zero attached hydrogens (tertiary/aromatic N) is 2. The van der Waals surface area contributed by atoms with E-state index < -0.39 is 11.6 Å². The van der Waals surface area contributed by atoms with E-state index in [1.807, 2.05) is 0 Å². The third kappa shape index (κ3) is 3.47. The van der Waals surface area contributed by atoms with Gasteiger partial charge < -0.3 is 0 Å². The fourth-order valence-corrected chi connectivity index (χ4v) is 2.30. The van der Waals surface area contributed by atoms with Crippen LogP contribution < -0.4 is 5.32 Å². The third-order valence-corrected chi connectivity index (χ3v) is 3.51. The molecular formula is C10H7F2N3OS2. The van der Waals surface area contributed by atoms with Crippen molar-refractivity contribution in [1.29, 1.82) is 0 Å². The lowest BCUT2D eigenvalue weighted by Gasteiger charge is -2.03. The molecule has 2 rings (SSSR count). The van der Waals surface area contributed by atoms with E-state index in [-0.39, 0.29) is 16.6 Å². The minimum absolute atomic E-state index is 0.0160. The first-order valence-electron chi connectivity index (χ1n) is 4.79. The SMILES string of the molecule is O=C(CSc1ccc(F)cc1F)Nc1nncs1. The molecule has 1 aromatic carbocycles. The molecule has 0 fully saturated rings. The van der Waals surface area contributed by atoms with Gasteiger partial charge in [0, 0.05) is 11.0 Å². The van der Waals surface area contributed by atoms with Crippen LogP contribution in [0.25, 0.3) is 0 Å². The molecule has 18 heavy (non-hydrogen) atoms. The summed E-state index contributed by atoms with van der Waals surface area (Å²) in [5.41, 5.74) is 1.49. The first kappa shape index (κ1) is 12.9. The van der Waals surface area contributed by atoms with E-state index in [2.05, 4.69) is 15.5 Å². The molecule has 0 aliphatic heterocycles. The number of hydrogen-bond donors (Lipinski definition) is 1. The number of amides is 1. The van der Waals surface area contributed by atoms with Crippen molar-refractivity contribution < 1.29 is 13.6 Å². The molecule has 0 spiro atoms. The van der Waals surface area contributed by atoms with Crippen molar-refractivity contribution in [3.8, 4) is 0 Å². The van der Waals surface area contributed by atoms with Gasteiger partial charge in [-0.1, -0.05) is 11.3 Å². The molecular weight excluding hydrogens is 280 g/mol. The van der Waals surface area contributed by atoms with E-state index in [0.717, 1.165) is 23.9 Å². The molecule has 0 saturated heterocycles. The van der Waals surface area contributed by atoms with Gasteiger partial charge in [-0.15, -0.1) is 22.0 Å². The number of nitrogens with one attached hydrogen (secondary N) is 1. The normalized spacial score (nSPS) is 10.3. The molecule has 1 heterocycles. The van der Waals surface area contributed by atoms with Gasteiger partial charge in [0.05, 0.1) is 5.75 Å². The minimum Gasteiger partial charge on any atom is -0.300 e. The number of hydrogen-bond acceptors (Lipinski definition) is 5. The largest absolute Gasteiger partial charge is 0.300 e. The highest BCUT2D eigenvalue weighted by molar-refractivity contribution is 8.00. The van der Waals surface area contributed by atoms with Crippen LogP contribution in [-0.2, 0) is 4.79 Å². The Hall–Kier alpha value is -1.54. The summed E-state index contributed by atoms with van der Waals surface area (Å²) >= 11 is 2.18. The molecule has 8 heteroatoms. The molecule has 2 aromatic rings. The topological polar surface area (TPSA) is 54.9 Å². The van der Waals surface area contributed by atoms with Gasteiger partial charge in [0.2, 0.25) is 11.0 Å². The Balaban J connectivity index is 1.89. The maximum absolute atomic E-state index is 13.3. The van der Waals surface area contributed by atoms with Gasteiger partial charge in [-0.05, 0) is 12.1 Å². The van der Waals surface area contributed by atoms with Crippen LogP contribution in [0.15, 0.2) is 28.6 Å². The van der Waals surface area contributed by atoms with Crippen molar-refractivity contribution in [2.45, 2.75) is 4.90 Å². The lowest BCUT2D eigenvalue weighted by Crippen LogP contribution is -2.13. The van der Waals surface area contributed by atoms with Crippen LogP contribution in [0.3, 0.4) is 0 Å². The quantitative estimate of drug-likeness (QED) is 0.878. The predicted octanol–water partition coefficient (Wildman–Crippen LogP) is 2.55. The van der Waals surface area contributed by atoms with E-state index in [9.17, 15) is 13.6 Å². The average molecular weight is 287 g/mol. The zero-order chi connectivity index (χ0) is 13.0. The van der Waals surface area contributed by atoms with Gasteiger partial charge in [-0.3, -0.25) is 10.1 Å². The Labute approximate surface area is 109 Å². The second-order valence-corrected chi connectivity index (χ2v) is 5.01. The van der Waals surface area contributed by atoms with Crippen molar-refractivity contribution in [1.82, 2.24) is 10.2 Å². The van der Waals surface area contributed by atoms with Crippen molar-refractivity contribution in [2.24, 2.45) is 0 Å². The fourth-order valence-electron chi connectivity index (χ4n) is 1.12. The Kier molecular flexibility index (Phi) is 4.21. The third-order valence-electron chi connectivity index (χ3n) is 1.86.